The van der Waals surface area contributed by atoms with Gasteiger partial charge >= 0.3 is 29.6 Å². The van der Waals surface area contributed by atoms with Gasteiger partial charge in [-0.1, -0.05) is 64.2 Å². The summed E-state index contributed by atoms with van der Waals surface area (Å²) < 4.78 is 0. The van der Waals surface area contributed by atoms with Crippen molar-refractivity contribution in [3.8, 4) is 0 Å². The summed E-state index contributed by atoms with van der Waals surface area (Å²) in [6.07, 6.45) is 15.4. The quantitative estimate of drug-likeness (QED) is 0.415. The Bertz CT molecular complexity index is 234. The van der Waals surface area contributed by atoms with Crippen LogP contribution in [-0.4, -0.2) is 12.0 Å². The third-order valence-electron chi connectivity index (χ3n) is 3.97. The molecule has 0 unspecified atom stereocenters. The summed E-state index contributed by atoms with van der Waals surface area (Å²) >= 11 is 0. The summed E-state index contributed by atoms with van der Waals surface area (Å²) in [5.74, 6) is 2.28. The van der Waals surface area contributed by atoms with Crippen LogP contribution in [-0.2, 0) is 0 Å². The molecule has 5 heteroatoms. The molecule has 19 heavy (non-hydrogen) atoms. The molecule has 0 aromatic rings. The van der Waals surface area contributed by atoms with Gasteiger partial charge in [0.05, 0.1) is 12.0 Å². The molecule has 4 N–H and O–H groups in total. The number of hydrogen-bond acceptors (Lipinski definition) is 4. The van der Waals surface area contributed by atoms with Crippen LogP contribution in [0.5, 0.6) is 0 Å². The first kappa shape index (κ1) is 21.1. The minimum absolute atomic E-state index is 0. The summed E-state index contributed by atoms with van der Waals surface area (Å²) in [6, 6.07) is 2.50. The molecule has 104 valence electrons. The molecule has 0 radical (unpaired) electrons. The molecule has 0 aliphatic heterocycles. The van der Waals surface area contributed by atoms with Crippen molar-refractivity contribution in [1.82, 2.24) is 0 Å². The van der Waals surface area contributed by atoms with Crippen molar-refractivity contribution in [3.05, 3.63) is 0 Å². The van der Waals surface area contributed by atoms with E-state index in [9.17, 15) is 0 Å². The molecule has 2 rings (SSSR count). The fraction of sp³-hybridized carbons (Fsp3) is 0.857. The predicted molar refractivity (Wildman–Crippen MR) is 75.2 cm³/mol. The van der Waals surface area contributed by atoms with E-state index in [2.05, 4.69) is 0 Å². The van der Waals surface area contributed by atoms with Gasteiger partial charge in [0.25, 0.3) is 0 Å². The van der Waals surface area contributed by atoms with Gasteiger partial charge in [0.15, 0.2) is 0 Å². The van der Waals surface area contributed by atoms with E-state index in [0.717, 1.165) is 11.8 Å². The van der Waals surface area contributed by atoms with Crippen molar-refractivity contribution >= 4 is 12.0 Å². The van der Waals surface area contributed by atoms with Gasteiger partial charge in [0, 0.05) is 0 Å². The normalized spacial score (nSPS) is 19.2. The minimum atomic E-state index is 0. The molecule has 0 saturated heterocycles. The summed E-state index contributed by atoms with van der Waals surface area (Å²) in [7, 11) is 0. The molecule has 2 saturated carbocycles. The van der Waals surface area contributed by atoms with Crippen molar-refractivity contribution in [2.24, 2.45) is 11.8 Å². The van der Waals surface area contributed by atoms with E-state index in [1.165, 1.54) is 50.5 Å². The van der Waals surface area contributed by atoms with Gasteiger partial charge in [0.2, 0.25) is 0 Å². The van der Waals surface area contributed by atoms with Gasteiger partial charge in [-0.25, -0.2) is 21.6 Å². The molecule has 0 aromatic carbocycles. The smallest absolute Gasteiger partial charge is 1.00 e. The fourth-order valence-corrected chi connectivity index (χ4v) is 3.21. The Balaban J connectivity index is -0.000000316. The van der Waals surface area contributed by atoms with Crippen LogP contribution in [0.15, 0.2) is 0 Å². The van der Waals surface area contributed by atoms with Crippen LogP contribution >= 0.6 is 0 Å². The molecule has 2 aliphatic carbocycles. The monoisotopic (exact) mass is 274 g/mol. The molecule has 0 heterocycles. The molecule has 0 amide bonds. The van der Waals surface area contributed by atoms with Gasteiger partial charge in [0.1, 0.15) is 0 Å². The molecule has 2 fully saturated rings. The zero-order chi connectivity index (χ0) is 13.6. The zero-order valence-electron chi connectivity index (χ0n) is 13.2. The Morgan fingerprint density at radius 1 is 0.579 bits per heavy atom. The van der Waals surface area contributed by atoms with Crippen LogP contribution in [0.2, 0.25) is 0 Å². The zero-order valence-corrected chi connectivity index (χ0v) is 14.2. The Kier molecular flexibility index (Phi) is 17.5. The second-order valence-electron chi connectivity index (χ2n) is 5.05. The predicted octanol–water partition coefficient (Wildman–Crippen LogP) is 1.90. The molecule has 2 aliphatic rings. The Morgan fingerprint density at radius 3 is 1.00 bits per heavy atom. The van der Waals surface area contributed by atoms with E-state index in [-0.39, 0.29) is 31.0 Å². The molecule has 0 atom stereocenters. The van der Waals surface area contributed by atoms with E-state index in [0.29, 0.717) is 0 Å². The van der Waals surface area contributed by atoms with Gasteiger partial charge in [-0.2, -0.15) is 0 Å². The van der Waals surface area contributed by atoms with E-state index < -0.39 is 0 Å². The summed E-state index contributed by atoms with van der Waals surface area (Å²) in [4.78, 5) is 0. The average molecular weight is 274 g/mol. The van der Waals surface area contributed by atoms with E-state index >= 15 is 0 Å². The molecule has 0 spiro atoms. The first-order valence-electron chi connectivity index (χ1n) is 6.97. The van der Waals surface area contributed by atoms with Crippen molar-refractivity contribution < 1.29 is 31.0 Å². The van der Waals surface area contributed by atoms with Crippen molar-refractivity contribution in [1.29, 1.82) is 21.6 Å². The first-order valence-corrected chi connectivity index (χ1v) is 6.97. The number of rotatable bonds is 1. The van der Waals surface area contributed by atoms with Crippen LogP contribution in [0.3, 0.4) is 0 Å². The van der Waals surface area contributed by atoms with Crippen LogP contribution in [0.1, 0.15) is 65.6 Å². The summed E-state index contributed by atoms with van der Waals surface area (Å²) in [5.41, 5.74) is 0. The molecule has 0 aromatic heterocycles. The van der Waals surface area contributed by atoms with E-state index in [4.69, 9.17) is 21.6 Å². The topological polar surface area (TPSA) is 95.4 Å². The van der Waals surface area contributed by atoms with Crippen molar-refractivity contribution in [2.45, 2.75) is 64.2 Å². The van der Waals surface area contributed by atoms with Crippen molar-refractivity contribution in [2.75, 3.05) is 0 Å². The first-order chi connectivity index (χ1) is 8.79. The molecule has 0 bridgehead atoms. The number of hydrogen-bond donors (Lipinski definition) is 4. The maximum atomic E-state index is 5.62. The fourth-order valence-electron chi connectivity index (χ4n) is 3.21. The molecule has 4 nitrogen and oxygen atoms in total. The van der Waals surface area contributed by atoms with E-state index in [1.807, 2.05) is 0 Å². The van der Waals surface area contributed by atoms with Gasteiger partial charge < -0.3 is 1.43 Å². The maximum Gasteiger partial charge on any atom is 1.00 e. The van der Waals surface area contributed by atoms with Crippen LogP contribution < -0.4 is 29.6 Å². The Morgan fingerprint density at radius 2 is 0.789 bits per heavy atom. The third kappa shape index (κ3) is 11.3. The Labute approximate surface area is 140 Å². The maximum absolute atomic E-state index is 5.62. The second kappa shape index (κ2) is 15.8. The van der Waals surface area contributed by atoms with E-state index in [1.54, 1.807) is 25.7 Å². The molecular formula is C14H27N4Na. The van der Waals surface area contributed by atoms with Gasteiger partial charge in [-0.15, -0.1) is 0 Å². The summed E-state index contributed by atoms with van der Waals surface area (Å²) in [5, 5.41) is 22.5. The second-order valence-corrected chi connectivity index (χ2v) is 5.05. The molecular weight excluding hydrogens is 247 g/mol. The van der Waals surface area contributed by atoms with Gasteiger partial charge in [-0.05, 0) is 11.8 Å². The van der Waals surface area contributed by atoms with Crippen LogP contribution in [0, 0.1) is 33.5 Å². The average Bonchev–Trinajstić information content (AvgIpc) is 2.43. The SMILES string of the molecule is C1CCC(C2CCCCC2)CC1.N=C=N.N=C=N.[H-].[Na+]. The third-order valence-corrected chi connectivity index (χ3v) is 3.97. The largest absolute Gasteiger partial charge is 1.00 e. The van der Waals surface area contributed by atoms with Gasteiger partial charge in [-0.3, -0.25) is 0 Å². The standard InChI is InChI=1S/C12H22.2CH2N2.Na.H/c1-3-7-11(8-4-1)12-9-5-2-6-10-12;2*2-1-3;;/h11-12H,1-10H2;2*2-3H;;/q;;;+1;-1. The number of nitrogens with one attached hydrogen (secondary N) is 4. The van der Waals surface area contributed by atoms with Crippen LogP contribution in [0.25, 0.3) is 0 Å². The summed E-state index contributed by atoms with van der Waals surface area (Å²) in [6.45, 7) is 0. The van der Waals surface area contributed by atoms with Crippen molar-refractivity contribution in [3.63, 3.8) is 0 Å². The Hall–Kier alpha value is -0.240. The van der Waals surface area contributed by atoms with Crippen LogP contribution in [0.4, 0.5) is 0 Å². The minimum Gasteiger partial charge on any atom is -1.00 e.